The molecule has 1 aromatic carbocycles. The minimum absolute atomic E-state index is 0.254. The Bertz CT molecular complexity index is 465. The van der Waals surface area contributed by atoms with Crippen LogP contribution in [-0.2, 0) is 10.2 Å². The lowest BCUT2D eigenvalue weighted by molar-refractivity contribution is 0.150. The summed E-state index contributed by atoms with van der Waals surface area (Å²) in [5.41, 5.74) is 0.204. The van der Waals surface area contributed by atoms with Crippen LogP contribution in [0.1, 0.15) is 32.8 Å². The lowest BCUT2D eigenvalue weighted by Crippen LogP contribution is -2.41. The fraction of sp³-hybridized carbons (Fsp3) is 0.500. The molecular weight excluding hydrogens is 252 g/mol. The molecule has 0 aliphatic rings. The molecule has 0 aliphatic carbocycles. The molecule has 20 heavy (non-hydrogen) atoms. The zero-order valence-electron chi connectivity index (χ0n) is 12.3. The lowest BCUT2D eigenvalue weighted by Gasteiger charge is -2.29. The topological polar surface area (TPSA) is 62.1 Å². The summed E-state index contributed by atoms with van der Waals surface area (Å²) in [6, 6.07) is 12.0. The van der Waals surface area contributed by atoms with E-state index >= 15 is 0 Å². The van der Waals surface area contributed by atoms with Crippen LogP contribution in [0.25, 0.3) is 0 Å². The molecule has 0 saturated heterocycles. The highest BCUT2D eigenvalue weighted by Crippen LogP contribution is 2.30. The van der Waals surface area contributed by atoms with Crippen LogP contribution in [0.15, 0.2) is 30.3 Å². The number of hydrogen-bond acceptors (Lipinski definition) is 3. The van der Waals surface area contributed by atoms with Crippen molar-refractivity contribution in [1.82, 2.24) is 5.32 Å². The van der Waals surface area contributed by atoms with E-state index in [1.54, 1.807) is 6.92 Å². The van der Waals surface area contributed by atoms with Crippen LogP contribution in [0.2, 0.25) is 0 Å². The summed E-state index contributed by atoms with van der Waals surface area (Å²) in [6.07, 6.45) is 0.201. The second-order valence-corrected chi connectivity index (χ2v) is 5.23. The molecule has 0 fully saturated rings. The van der Waals surface area contributed by atoms with E-state index in [9.17, 15) is 10.1 Å². The van der Waals surface area contributed by atoms with Gasteiger partial charge in [0.2, 0.25) is 0 Å². The first-order valence-corrected chi connectivity index (χ1v) is 6.91. The summed E-state index contributed by atoms with van der Waals surface area (Å²) in [4.78, 5) is 11.5. The number of ether oxygens (including phenoxy) is 1. The standard InChI is InChI=1S/C16H22N2O2/c1-4-20-15(19)18-12-16(11-17,10-13(2)3)14-8-6-5-7-9-14/h5-9,13H,4,10,12H2,1-3H3,(H,18,19). The predicted molar refractivity (Wildman–Crippen MR) is 78.2 cm³/mol. The third kappa shape index (κ3) is 4.27. The Kier molecular flexibility index (Phi) is 6.05. The van der Waals surface area contributed by atoms with Crippen molar-refractivity contribution < 1.29 is 9.53 Å². The molecule has 4 heteroatoms. The summed E-state index contributed by atoms with van der Waals surface area (Å²) < 4.78 is 4.86. The molecule has 0 radical (unpaired) electrons. The molecule has 0 saturated carbocycles. The van der Waals surface area contributed by atoms with Gasteiger partial charge in [-0.25, -0.2) is 4.79 Å². The number of rotatable bonds is 6. The van der Waals surface area contributed by atoms with E-state index in [4.69, 9.17) is 4.74 Å². The van der Waals surface area contributed by atoms with Gasteiger partial charge in [-0.3, -0.25) is 0 Å². The van der Waals surface area contributed by atoms with E-state index in [0.29, 0.717) is 18.9 Å². The van der Waals surface area contributed by atoms with Gasteiger partial charge in [0.1, 0.15) is 0 Å². The van der Waals surface area contributed by atoms with Crippen molar-refractivity contribution in [2.75, 3.05) is 13.2 Å². The highest BCUT2D eigenvalue weighted by molar-refractivity contribution is 5.67. The van der Waals surface area contributed by atoms with Crippen LogP contribution in [0.4, 0.5) is 4.79 Å². The average molecular weight is 274 g/mol. The minimum Gasteiger partial charge on any atom is -0.450 e. The third-order valence-corrected chi connectivity index (χ3v) is 3.11. The lowest BCUT2D eigenvalue weighted by atomic mass is 9.75. The monoisotopic (exact) mass is 274 g/mol. The highest BCUT2D eigenvalue weighted by Gasteiger charge is 2.33. The van der Waals surface area contributed by atoms with Crippen molar-refractivity contribution >= 4 is 6.09 Å². The van der Waals surface area contributed by atoms with Crippen LogP contribution >= 0.6 is 0 Å². The molecule has 1 unspecified atom stereocenters. The molecule has 0 spiro atoms. The summed E-state index contributed by atoms with van der Waals surface area (Å²) in [6.45, 7) is 6.46. The minimum atomic E-state index is -0.720. The van der Waals surface area contributed by atoms with Gasteiger partial charge in [-0.05, 0) is 24.8 Å². The largest absolute Gasteiger partial charge is 0.450 e. The quantitative estimate of drug-likeness (QED) is 0.866. The molecule has 0 heterocycles. The maximum absolute atomic E-state index is 11.5. The maximum atomic E-state index is 11.5. The first-order valence-electron chi connectivity index (χ1n) is 6.91. The van der Waals surface area contributed by atoms with E-state index in [-0.39, 0.29) is 6.54 Å². The summed E-state index contributed by atoms with van der Waals surface area (Å²) in [5.74, 6) is 0.346. The zero-order valence-corrected chi connectivity index (χ0v) is 12.3. The van der Waals surface area contributed by atoms with E-state index in [1.165, 1.54) is 0 Å². The number of benzene rings is 1. The molecule has 1 aromatic rings. The Labute approximate surface area is 120 Å². The fourth-order valence-corrected chi connectivity index (χ4v) is 2.30. The number of alkyl carbamates (subject to hydrolysis) is 1. The van der Waals surface area contributed by atoms with Crippen molar-refractivity contribution in [3.63, 3.8) is 0 Å². The SMILES string of the molecule is CCOC(=O)NCC(C#N)(CC(C)C)c1ccccc1. The Morgan fingerprint density at radius 2 is 2.05 bits per heavy atom. The Balaban J connectivity index is 2.95. The van der Waals surface area contributed by atoms with Gasteiger partial charge in [0.15, 0.2) is 0 Å². The van der Waals surface area contributed by atoms with Gasteiger partial charge >= 0.3 is 6.09 Å². The molecule has 4 nitrogen and oxygen atoms in total. The number of nitriles is 1. The second kappa shape index (κ2) is 7.54. The first-order chi connectivity index (χ1) is 9.54. The van der Waals surface area contributed by atoms with E-state index in [1.807, 2.05) is 30.3 Å². The third-order valence-electron chi connectivity index (χ3n) is 3.11. The Morgan fingerprint density at radius 1 is 1.40 bits per heavy atom. The van der Waals surface area contributed by atoms with Gasteiger partial charge in [-0.15, -0.1) is 0 Å². The van der Waals surface area contributed by atoms with Crippen molar-refractivity contribution in [2.24, 2.45) is 5.92 Å². The predicted octanol–water partition coefficient (Wildman–Crippen LogP) is 3.24. The molecule has 0 aliphatic heterocycles. The average Bonchev–Trinajstić information content (AvgIpc) is 2.44. The molecule has 108 valence electrons. The van der Waals surface area contributed by atoms with Crippen LogP contribution in [0.5, 0.6) is 0 Å². The second-order valence-electron chi connectivity index (χ2n) is 5.23. The number of hydrogen-bond donors (Lipinski definition) is 1. The van der Waals surface area contributed by atoms with Crippen LogP contribution in [0.3, 0.4) is 0 Å². The van der Waals surface area contributed by atoms with Crippen molar-refractivity contribution in [3.8, 4) is 6.07 Å². The van der Waals surface area contributed by atoms with Gasteiger partial charge in [0.25, 0.3) is 0 Å². The molecule has 0 bridgehead atoms. The van der Waals surface area contributed by atoms with Gasteiger partial charge in [0.05, 0.1) is 18.1 Å². The van der Waals surface area contributed by atoms with E-state index in [2.05, 4.69) is 25.2 Å². The Morgan fingerprint density at radius 3 is 2.55 bits per heavy atom. The van der Waals surface area contributed by atoms with Crippen LogP contribution in [-0.4, -0.2) is 19.2 Å². The number of carbonyl (C=O) groups excluding carboxylic acids is 1. The van der Waals surface area contributed by atoms with Crippen molar-refractivity contribution in [1.29, 1.82) is 5.26 Å². The fourth-order valence-electron chi connectivity index (χ4n) is 2.30. The highest BCUT2D eigenvalue weighted by atomic mass is 16.5. The first kappa shape index (κ1) is 16.0. The number of carbonyl (C=O) groups is 1. The summed E-state index contributed by atoms with van der Waals surface area (Å²) in [5, 5.41) is 12.4. The number of nitrogens with one attached hydrogen (secondary N) is 1. The molecule has 1 rings (SSSR count). The Hall–Kier alpha value is -2.02. The molecule has 0 aromatic heterocycles. The summed E-state index contributed by atoms with van der Waals surface area (Å²) >= 11 is 0. The molecular formula is C16H22N2O2. The molecule has 1 amide bonds. The van der Waals surface area contributed by atoms with E-state index < -0.39 is 11.5 Å². The maximum Gasteiger partial charge on any atom is 0.407 e. The van der Waals surface area contributed by atoms with Crippen LogP contribution < -0.4 is 5.32 Å². The number of nitrogens with zero attached hydrogens (tertiary/aromatic N) is 1. The van der Waals surface area contributed by atoms with Crippen molar-refractivity contribution in [3.05, 3.63) is 35.9 Å². The summed E-state index contributed by atoms with van der Waals surface area (Å²) in [7, 11) is 0. The normalized spacial score (nSPS) is 13.3. The van der Waals surface area contributed by atoms with Crippen molar-refractivity contribution in [2.45, 2.75) is 32.6 Å². The smallest absolute Gasteiger partial charge is 0.407 e. The van der Waals surface area contributed by atoms with Gasteiger partial charge in [-0.1, -0.05) is 44.2 Å². The van der Waals surface area contributed by atoms with Gasteiger partial charge in [0, 0.05) is 6.54 Å². The molecule has 1 atom stereocenters. The van der Waals surface area contributed by atoms with Crippen LogP contribution in [0, 0.1) is 17.2 Å². The zero-order chi connectivity index (χ0) is 15.0. The van der Waals surface area contributed by atoms with Gasteiger partial charge < -0.3 is 10.1 Å². The molecule has 1 N–H and O–H groups in total. The number of amides is 1. The van der Waals surface area contributed by atoms with Gasteiger partial charge in [-0.2, -0.15) is 5.26 Å². The van der Waals surface area contributed by atoms with E-state index in [0.717, 1.165) is 5.56 Å².